The molecule has 0 spiro atoms. The topological polar surface area (TPSA) is 262 Å². The Hall–Kier alpha value is -6.77. The van der Waals surface area contributed by atoms with Crippen molar-refractivity contribution in [3.8, 4) is 21.6 Å². The van der Waals surface area contributed by atoms with Crippen LogP contribution in [0, 0.1) is 44.9 Å². The summed E-state index contributed by atoms with van der Waals surface area (Å²) in [6, 6.07) is 22.0. The highest BCUT2D eigenvalue weighted by molar-refractivity contribution is 7.13. The molecule has 2 aliphatic heterocycles. The summed E-state index contributed by atoms with van der Waals surface area (Å²) in [6.45, 7) is 25.8. The summed E-state index contributed by atoms with van der Waals surface area (Å²) in [7, 11) is 0. The van der Waals surface area contributed by atoms with E-state index in [1.807, 2.05) is 95.3 Å². The number of piperazine rings is 1. The number of Topliss-reactive ketones (excluding diaryl/α,β-unsaturated/α-hetero) is 1. The Bertz CT molecular complexity index is 3360. The van der Waals surface area contributed by atoms with Crippen LogP contribution >= 0.6 is 11.3 Å². The number of aromatic amines is 1. The van der Waals surface area contributed by atoms with E-state index in [9.17, 15) is 33.9 Å². The number of rotatable bonds is 37. The summed E-state index contributed by atoms with van der Waals surface area (Å²) >= 11 is 1.58. The third kappa shape index (κ3) is 22.4. The first-order chi connectivity index (χ1) is 46.3. The number of aromatic nitrogens is 2. The predicted octanol–water partition coefficient (Wildman–Crippen LogP) is 7.66. The molecule has 8 rings (SSSR count). The van der Waals surface area contributed by atoms with E-state index in [0.717, 1.165) is 94.4 Å². The second-order valence-electron chi connectivity index (χ2n) is 26.2. The molecule has 1 unspecified atom stereocenters. The lowest BCUT2D eigenvalue weighted by Gasteiger charge is -2.37. The zero-order valence-electron chi connectivity index (χ0n) is 57.6. The summed E-state index contributed by atoms with van der Waals surface area (Å²) in [4.78, 5) is 95.6. The first kappa shape index (κ1) is 75.0. The molecule has 2 aromatic heterocycles. The number of hydrogen-bond acceptors (Lipinski definition) is 18. The average Bonchev–Trinajstić information content (AvgIpc) is 0.858. The van der Waals surface area contributed by atoms with Gasteiger partial charge in [0, 0.05) is 106 Å². The van der Waals surface area contributed by atoms with E-state index >= 15 is 0 Å². The van der Waals surface area contributed by atoms with E-state index in [1.54, 1.807) is 11.3 Å². The van der Waals surface area contributed by atoms with Crippen LogP contribution in [0.1, 0.15) is 116 Å². The second kappa shape index (κ2) is 37.8. The fraction of sp³-hybridized carbons (Fsp3) is 0.575. The van der Waals surface area contributed by atoms with Gasteiger partial charge in [0.15, 0.2) is 5.78 Å². The molecule has 0 bridgehead atoms. The number of nitrogens with zero attached hydrogens (tertiary/aromatic N) is 4. The van der Waals surface area contributed by atoms with Gasteiger partial charge in [0.2, 0.25) is 17.7 Å². The number of H-pyrrole nitrogens is 1. The maximum atomic E-state index is 14.1. The van der Waals surface area contributed by atoms with Gasteiger partial charge in [0.25, 0.3) is 11.5 Å². The molecule has 3 aliphatic rings. The number of amides is 4. The summed E-state index contributed by atoms with van der Waals surface area (Å²) in [5, 5.41) is 19.6. The first-order valence-electron chi connectivity index (χ1n) is 34.1. The molecule has 4 amide bonds. The highest BCUT2D eigenvalue weighted by Crippen LogP contribution is 2.38. The maximum Gasteiger partial charge on any atom is 0.253 e. The summed E-state index contributed by atoms with van der Waals surface area (Å²) in [5.41, 5.74) is 11.7. The van der Waals surface area contributed by atoms with Gasteiger partial charge in [-0.25, -0.2) is 4.98 Å². The molecule has 1 aliphatic carbocycles. The van der Waals surface area contributed by atoms with Crippen molar-refractivity contribution in [1.29, 1.82) is 0 Å². The molecule has 0 radical (unpaired) electrons. The normalized spacial score (nSPS) is 17.3. The highest BCUT2D eigenvalue weighted by atomic mass is 32.1. The third-order valence-corrected chi connectivity index (χ3v) is 19.1. The lowest BCUT2D eigenvalue weighted by molar-refractivity contribution is -0.137. The number of ether oxygens (including phenoxy) is 7. The van der Waals surface area contributed by atoms with E-state index in [0.29, 0.717) is 116 Å². The van der Waals surface area contributed by atoms with Gasteiger partial charge in [-0.05, 0) is 123 Å². The van der Waals surface area contributed by atoms with Gasteiger partial charge in [-0.1, -0.05) is 69.3 Å². The van der Waals surface area contributed by atoms with Crippen molar-refractivity contribution in [2.45, 2.75) is 132 Å². The van der Waals surface area contributed by atoms with Crippen LogP contribution < -0.4 is 26.4 Å². The molecule has 4 atom stereocenters. The van der Waals surface area contributed by atoms with Crippen molar-refractivity contribution in [2.75, 3.05) is 130 Å². The number of aliphatic hydroxyl groups excluding tert-OH is 1. The molecule has 96 heavy (non-hydrogen) atoms. The number of benzene rings is 3. The van der Waals surface area contributed by atoms with Crippen molar-refractivity contribution >= 4 is 46.4 Å². The van der Waals surface area contributed by atoms with Crippen LogP contribution in [0.2, 0.25) is 0 Å². The number of nitrogens with one attached hydrogen (secondary N) is 4. The smallest absolute Gasteiger partial charge is 0.253 e. The van der Waals surface area contributed by atoms with E-state index in [2.05, 4.69) is 73.0 Å². The maximum absolute atomic E-state index is 14.1. The van der Waals surface area contributed by atoms with Gasteiger partial charge >= 0.3 is 0 Å². The monoisotopic (exact) mass is 1350 g/mol. The second-order valence-corrected chi connectivity index (χ2v) is 27.1. The molecule has 3 fully saturated rings. The number of aliphatic hydroxyl groups is 1. The fourth-order valence-electron chi connectivity index (χ4n) is 12.7. The lowest BCUT2D eigenvalue weighted by atomic mass is 9.77. The molecule has 524 valence electrons. The standard InChI is InChI=1S/C73H102N8O14S/c1-9-81(58-18-26-89-27-19-58)64-42-57(41-60(51(64)4)70(86)75-46-63-49(2)40-50(3)77-72(63)88)55-14-12-54(13-15-55)47-79-22-24-80(25-23-79)66(84)21-29-91-31-33-93-35-37-95-39-38-94-36-34-92-32-30-90-28-20-65(83)78-69(73(6,7)8)67(85)61-43-59(82)44-62(61)71(87)74-45-53-10-16-56(17-11-53)68-52(5)76-48-96-68/h10-17,40-42,48,58-59,61-62,69,82H,9,18-39,43-47H2,1-8H3,(H,74,87)(H,75,86)(H,77,88)(H,78,83)/t59-,61?,62-,69+/m0/s1. The summed E-state index contributed by atoms with van der Waals surface area (Å²) < 4.78 is 39.5. The minimum Gasteiger partial charge on any atom is -0.393 e. The largest absolute Gasteiger partial charge is 0.393 e. The molecule has 5 aromatic rings. The Morgan fingerprint density at radius 3 is 1.85 bits per heavy atom. The Morgan fingerprint density at radius 1 is 0.708 bits per heavy atom. The molecular weight excluding hydrogens is 1240 g/mol. The molecule has 22 nitrogen and oxygen atoms in total. The van der Waals surface area contributed by atoms with Crippen LogP contribution in [0.4, 0.5) is 5.69 Å². The Morgan fingerprint density at radius 2 is 1.28 bits per heavy atom. The predicted molar refractivity (Wildman–Crippen MR) is 370 cm³/mol. The van der Waals surface area contributed by atoms with Crippen LogP contribution in [0.25, 0.3) is 21.6 Å². The van der Waals surface area contributed by atoms with Gasteiger partial charge in [-0.3, -0.25) is 33.7 Å². The fourth-order valence-corrected chi connectivity index (χ4v) is 13.5. The minimum absolute atomic E-state index is 0.0381. The third-order valence-electron chi connectivity index (χ3n) is 18.2. The van der Waals surface area contributed by atoms with Crippen LogP contribution in [-0.4, -0.2) is 198 Å². The SMILES string of the molecule is CCN(c1cc(-c2ccc(CN3CCN(C(=O)CCOCCOCCOCCOCCOCCOCCC(=O)N[C@H](C(=O)C4C[C@H](O)C[C@@H]4C(=O)NCc4ccc(-c5scnc5C)cc4)C(C)(C)C)CC3)cc2)cc(C(=O)NCc2c(C)cc(C)[nH]c2=O)c1C)C1CCOCC1. The van der Waals surface area contributed by atoms with Crippen molar-refractivity contribution in [2.24, 2.45) is 17.3 Å². The average molecular weight is 1350 g/mol. The lowest BCUT2D eigenvalue weighted by Crippen LogP contribution is -2.52. The number of ketones is 1. The Kier molecular flexibility index (Phi) is 29.6. The van der Waals surface area contributed by atoms with Crippen molar-refractivity contribution in [3.05, 3.63) is 127 Å². The zero-order chi connectivity index (χ0) is 68.6. The number of thiazole rings is 1. The van der Waals surface area contributed by atoms with Crippen molar-refractivity contribution in [1.82, 2.24) is 35.7 Å². The molecule has 1 saturated carbocycles. The quantitative estimate of drug-likeness (QED) is 0.0239. The number of carbonyl (C=O) groups excluding carboxylic acids is 5. The highest BCUT2D eigenvalue weighted by Gasteiger charge is 2.47. The molecule has 3 aromatic carbocycles. The number of anilines is 1. The van der Waals surface area contributed by atoms with Crippen LogP contribution in [-0.2, 0) is 72.0 Å². The van der Waals surface area contributed by atoms with Gasteiger partial charge < -0.3 is 69.0 Å². The van der Waals surface area contributed by atoms with Crippen LogP contribution in [0.5, 0.6) is 0 Å². The minimum atomic E-state index is -0.864. The zero-order valence-corrected chi connectivity index (χ0v) is 58.4. The van der Waals surface area contributed by atoms with Gasteiger partial charge in [-0.15, -0.1) is 11.3 Å². The van der Waals surface area contributed by atoms with E-state index < -0.39 is 29.4 Å². The first-order valence-corrected chi connectivity index (χ1v) is 35.0. The number of aryl methyl sites for hydroxylation is 3. The Balaban J connectivity index is 0.622. The van der Waals surface area contributed by atoms with Crippen molar-refractivity contribution in [3.63, 3.8) is 0 Å². The summed E-state index contributed by atoms with van der Waals surface area (Å²) in [5.74, 6) is -2.50. The molecule has 2 saturated heterocycles. The molecule has 4 heterocycles. The molecule has 23 heteroatoms. The Labute approximate surface area is 569 Å². The van der Waals surface area contributed by atoms with Gasteiger partial charge in [0.05, 0.1) is 120 Å². The molecule has 5 N–H and O–H groups in total. The number of hydrogen-bond donors (Lipinski definition) is 5. The number of carbonyl (C=O) groups is 5. The van der Waals surface area contributed by atoms with Gasteiger partial charge in [0.1, 0.15) is 0 Å². The van der Waals surface area contributed by atoms with Crippen molar-refractivity contribution < 1.29 is 62.2 Å². The molecular formula is C73H102N8O14S. The van der Waals surface area contributed by atoms with E-state index in [4.69, 9.17) is 33.2 Å². The number of pyridine rings is 1. The summed E-state index contributed by atoms with van der Waals surface area (Å²) in [6.07, 6.45) is 1.71. The van der Waals surface area contributed by atoms with E-state index in [-0.39, 0.29) is 80.5 Å². The van der Waals surface area contributed by atoms with E-state index in [1.165, 1.54) is 5.56 Å². The van der Waals surface area contributed by atoms with Crippen LogP contribution in [0.3, 0.4) is 0 Å². The van der Waals surface area contributed by atoms with Gasteiger partial charge in [-0.2, -0.15) is 0 Å². The van der Waals surface area contributed by atoms with Crippen LogP contribution in [0.15, 0.2) is 77.0 Å².